The topological polar surface area (TPSA) is 91.0 Å². The SMILES string of the molecule is CC1CCCC(NC(=O)C2N(CCN3CCCCCC3)C(=O)C3C(C(=O)Nc4ccc(Cl)cc4)C4C=CC32O4)C1C. The third-order valence-electron chi connectivity index (χ3n) is 10.4. The van der Waals surface area contributed by atoms with Gasteiger partial charge in [0.05, 0.1) is 17.9 Å². The number of halogens is 1. The van der Waals surface area contributed by atoms with Gasteiger partial charge in [-0.2, -0.15) is 0 Å². The Bertz CT molecular complexity index is 1180. The molecule has 5 aliphatic rings. The van der Waals surface area contributed by atoms with Crippen LogP contribution in [0.2, 0.25) is 5.02 Å². The van der Waals surface area contributed by atoms with Crippen LogP contribution in [0, 0.1) is 23.7 Å². The van der Waals surface area contributed by atoms with Crippen molar-refractivity contribution in [3.8, 4) is 0 Å². The Labute approximate surface area is 248 Å². The van der Waals surface area contributed by atoms with Crippen LogP contribution in [0.15, 0.2) is 36.4 Å². The van der Waals surface area contributed by atoms with E-state index in [1.54, 1.807) is 29.2 Å². The summed E-state index contributed by atoms with van der Waals surface area (Å²) >= 11 is 6.03. The van der Waals surface area contributed by atoms with E-state index in [9.17, 15) is 14.4 Å². The van der Waals surface area contributed by atoms with Crippen molar-refractivity contribution in [1.29, 1.82) is 0 Å². The van der Waals surface area contributed by atoms with Gasteiger partial charge in [-0.3, -0.25) is 14.4 Å². The average Bonchev–Trinajstić information content (AvgIpc) is 3.50. The van der Waals surface area contributed by atoms with E-state index in [0.29, 0.717) is 35.6 Å². The second kappa shape index (κ2) is 11.7. The molecule has 1 aromatic carbocycles. The molecule has 41 heavy (non-hydrogen) atoms. The summed E-state index contributed by atoms with van der Waals surface area (Å²) < 4.78 is 6.53. The minimum atomic E-state index is -1.14. The van der Waals surface area contributed by atoms with Gasteiger partial charge in [0.1, 0.15) is 11.6 Å². The van der Waals surface area contributed by atoms with Gasteiger partial charge in [-0.1, -0.05) is 63.3 Å². The molecule has 0 aromatic heterocycles. The lowest BCUT2D eigenvalue weighted by Crippen LogP contribution is -2.58. The van der Waals surface area contributed by atoms with Crippen LogP contribution in [0.5, 0.6) is 0 Å². The molecule has 222 valence electrons. The summed E-state index contributed by atoms with van der Waals surface area (Å²) in [5.41, 5.74) is -0.533. The van der Waals surface area contributed by atoms with Crippen LogP contribution in [-0.4, -0.2) is 77.5 Å². The molecule has 8 nitrogen and oxygen atoms in total. The second-order valence-corrected chi connectivity index (χ2v) is 13.3. The van der Waals surface area contributed by atoms with Gasteiger partial charge < -0.3 is 25.2 Å². The largest absolute Gasteiger partial charge is 0.359 e. The lowest BCUT2D eigenvalue weighted by molar-refractivity contribution is -0.141. The first-order valence-corrected chi connectivity index (χ1v) is 15.9. The molecule has 1 aromatic rings. The Hall–Kier alpha value is -2.42. The summed E-state index contributed by atoms with van der Waals surface area (Å²) in [5.74, 6) is -1.16. The maximum Gasteiger partial charge on any atom is 0.246 e. The van der Waals surface area contributed by atoms with Crippen LogP contribution in [0.25, 0.3) is 0 Å². The molecule has 2 bridgehead atoms. The number of anilines is 1. The monoisotopic (exact) mass is 582 g/mol. The zero-order valence-electron chi connectivity index (χ0n) is 24.2. The maximum atomic E-state index is 14.3. The molecule has 3 amide bonds. The number of nitrogens with zero attached hydrogens (tertiary/aromatic N) is 2. The predicted molar refractivity (Wildman–Crippen MR) is 158 cm³/mol. The van der Waals surface area contributed by atoms with E-state index in [0.717, 1.165) is 38.8 Å². The standard InChI is InChI=1S/C32H43ClN4O4/c1-20-8-7-9-24(21(20)2)35-30(39)28-32-15-14-25(41-32)26(29(38)34-23-12-10-22(33)11-13-23)27(32)31(40)37(28)19-18-36-16-5-3-4-6-17-36/h10-15,20-21,24-28H,3-9,16-19H2,1-2H3,(H,34,38)(H,35,39). The van der Waals surface area contributed by atoms with Crippen LogP contribution >= 0.6 is 11.6 Å². The molecule has 6 rings (SSSR count). The van der Waals surface area contributed by atoms with E-state index in [-0.39, 0.29) is 23.8 Å². The van der Waals surface area contributed by atoms with E-state index in [1.807, 2.05) is 12.2 Å². The number of benzene rings is 1. The van der Waals surface area contributed by atoms with Crippen molar-refractivity contribution in [3.05, 3.63) is 41.4 Å². The molecule has 8 atom stereocenters. The molecule has 4 heterocycles. The molecule has 1 aliphatic carbocycles. The van der Waals surface area contributed by atoms with Gasteiger partial charge in [0.25, 0.3) is 0 Å². The highest BCUT2D eigenvalue weighted by Crippen LogP contribution is 2.55. The van der Waals surface area contributed by atoms with Crippen LogP contribution < -0.4 is 10.6 Å². The quantitative estimate of drug-likeness (QED) is 0.469. The van der Waals surface area contributed by atoms with Gasteiger partial charge in [-0.05, 0) is 68.5 Å². The predicted octanol–water partition coefficient (Wildman–Crippen LogP) is 4.25. The van der Waals surface area contributed by atoms with Gasteiger partial charge in [0.2, 0.25) is 17.7 Å². The van der Waals surface area contributed by atoms with E-state index in [1.165, 1.54) is 19.3 Å². The number of carbonyl (C=O) groups excluding carboxylic acids is 3. The first-order valence-electron chi connectivity index (χ1n) is 15.6. The van der Waals surface area contributed by atoms with Gasteiger partial charge in [0.15, 0.2) is 0 Å². The summed E-state index contributed by atoms with van der Waals surface area (Å²) in [6.07, 6.45) is 11.2. The summed E-state index contributed by atoms with van der Waals surface area (Å²) in [5, 5.41) is 6.88. The minimum absolute atomic E-state index is 0.0656. The fraction of sp³-hybridized carbons (Fsp3) is 0.656. The van der Waals surface area contributed by atoms with E-state index < -0.39 is 29.6 Å². The zero-order valence-corrected chi connectivity index (χ0v) is 24.9. The number of nitrogens with one attached hydrogen (secondary N) is 2. The van der Waals surface area contributed by atoms with Crippen molar-refractivity contribution in [2.75, 3.05) is 31.5 Å². The van der Waals surface area contributed by atoms with Crippen LogP contribution in [0.1, 0.15) is 58.8 Å². The van der Waals surface area contributed by atoms with Crippen molar-refractivity contribution >= 4 is 35.0 Å². The van der Waals surface area contributed by atoms with Gasteiger partial charge in [0, 0.05) is 29.8 Å². The molecule has 1 saturated carbocycles. The Morgan fingerprint density at radius 2 is 1.73 bits per heavy atom. The first-order chi connectivity index (χ1) is 19.8. The lowest BCUT2D eigenvalue weighted by atomic mass is 9.73. The molecule has 2 N–H and O–H groups in total. The Kier molecular flexibility index (Phi) is 8.18. The van der Waals surface area contributed by atoms with Crippen molar-refractivity contribution < 1.29 is 19.1 Å². The molecular formula is C32H43ClN4O4. The van der Waals surface area contributed by atoms with Crippen LogP contribution in [0.3, 0.4) is 0 Å². The number of carbonyl (C=O) groups is 3. The number of likely N-dealkylation sites (tertiary alicyclic amines) is 2. The van der Waals surface area contributed by atoms with Crippen molar-refractivity contribution in [2.24, 2.45) is 23.7 Å². The second-order valence-electron chi connectivity index (χ2n) is 12.9. The molecule has 9 heteroatoms. The highest BCUT2D eigenvalue weighted by Gasteiger charge is 2.72. The van der Waals surface area contributed by atoms with Crippen molar-refractivity contribution in [1.82, 2.24) is 15.1 Å². The van der Waals surface area contributed by atoms with Gasteiger partial charge in [-0.25, -0.2) is 0 Å². The summed E-state index contributed by atoms with van der Waals surface area (Å²) in [7, 11) is 0. The Balaban J connectivity index is 1.27. The first kappa shape index (κ1) is 28.7. The molecule has 3 saturated heterocycles. The zero-order chi connectivity index (χ0) is 28.7. The van der Waals surface area contributed by atoms with Crippen molar-refractivity contribution in [2.45, 2.75) is 82.6 Å². The Morgan fingerprint density at radius 1 is 1.00 bits per heavy atom. The van der Waals surface area contributed by atoms with Gasteiger partial charge in [-0.15, -0.1) is 0 Å². The molecule has 1 spiro atoms. The highest BCUT2D eigenvalue weighted by molar-refractivity contribution is 6.30. The molecular weight excluding hydrogens is 540 g/mol. The fourth-order valence-corrected chi connectivity index (χ4v) is 8.05. The van der Waals surface area contributed by atoms with E-state index in [2.05, 4.69) is 29.4 Å². The summed E-state index contributed by atoms with van der Waals surface area (Å²) in [4.78, 5) is 46.3. The molecule has 4 fully saturated rings. The smallest absolute Gasteiger partial charge is 0.246 e. The molecule has 8 unspecified atom stereocenters. The molecule has 4 aliphatic heterocycles. The number of hydrogen-bond acceptors (Lipinski definition) is 5. The number of ether oxygens (including phenoxy) is 1. The van der Waals surface area contributed by atoms with E-state index in [4.69, 9.17) is 16.3 Å². The minimum Gasteiger partial charge on any atom is -0.359 e. The van der Waals surface area contributed by atoms with Crippen LogP contribution in [0.4, 0.5) is 5.69 Å². The van der Waals surface area contributed by atoms with Gasteiger partial charge >= 0.3 is 0 Å². The number of fused-ring (bicyclic) bond motifs is 1. The highest BCUT2D eigenvalue weighted by atomic mass is 35.5. The lowest BCUT2D eigenvalue weighted by Gasteiger charge is -2.38. The van der Waals surface area contributed by atoms with Crippen molar-refractivity contribution in [3.63, 3.8) is 0 Å². The third kappa shape index (κ3) is 5.32. The van der Waals surface area contributed by atoms with E-state index >= 15 is 0 Å². The molecule has 0 radical (unpaired) electrons. The maximum absolute atomic E-state index is 14.3. The third-order valence-corrected chi connectivity index (χ3v) is 10.7. The number of rotatable bonds is 7. The Morgan fingerprint density at radius 3 is 2.46 bits per heavy atom. The fourth-order valence-electron chi connectivity index (χ4n) is 7.92. The number of amides is 3. The summed E-state index contributed by atoms with van der Waals surface area (Å²) in [6.45, 7) is 7.63. The number of hydrogen-bond donors (Lipinski definition) is 2. The van der Waals surface area contributed by atoms with Crippen LogP contribution in [-0.2, 0) is 19.1 Å². The normalized spacial score (nSPS) is 36.7. The average molecular weight is 583 g/mol. The summed E-state index contributed by atoms with van der Waals surface area (Å²) in [6, 6.07) is 6.18.